The molecule has 0 spiro atoms. The Kier molecular flexibility index (Phi) is 36.4. The second-order valence-corrected chi connectivity index (χ2v) is 27.8. The smallest absolute Gasteiger partial charge is 0.227 e. The molecule has 2 N–H and O–H groups in total. The average Bonchev–Trinajstić information content (AvgIpc) is 0.734. The molecule has 2 atom stereocenters. The lowest BCUT2D eigenvalue weighted by Crippen LogP contribution is -2.36. The number of nitrogens with one attached hydrogen (secondary N) is 2. The Morgan fingerprint density at radius 2 is 1.02 bits per heavy atom. The number of Topliss-reactive ketones (excluding diaryl/α,β-unsaturated/α-hetero) is 1. The second-order valence-electron chi connectivity index (χ2n) is 27.8. The standard InChI is InChI=1S/C89H126N4O4/c1-11-20-26-30-34-35-36-40-44-50-74(19-9)92(75-56-51-69(52-57-75)45-41-37-31-27-21-12-2)77-60-62-79(81(66-77)90-88(96)72(17-7)48-24-15-5)84-86(94)85(87(84)95)80-63-61-78(67-82(80)91-89(97)73(18-8)49-25-16-6)93(76-58-53-70(54-59-76)46-42-38-32-28-22-13-3)83-64-55-71(65-68(83)10)47-43-39-33-29-23-14-4/h19,40,44,50-67,72-73H,9,11-18,20-39,41-43,45-49H2,1-8,10H3,(H2,90,91,94,95,96,97)/b44-40+,74-50+. The number of allylic oxidation sites excluding steroid dienone is 9. The summed E-state index contributed by atoms with van der Waals surface area (Å²) in [6.45, 7) is 23.9. The van der Waals surface area contributed by atoms with Gasteiger partial charge >= 0.3 is 0 Å². The van der Waals surface area contributed by atoms with Gasteiger partial charge in [0, 0.05) is 87.1 Å². The SMILES string of the molecule is C=C/C(=C\C=C\CCCCCCCC)N(c1ccc(CCCCCCCC)cc1)c1ccc(C2=C([O-])C(=C3C=CC(=[N+](c4ccc(CCCCCCCC)cc4)c4ccc(CCCCCCCC)cc4C)C=C3NC(=O)C(CC)CCCC)C2=O)c(NC(=O)C(CC)CCCC)c1. The number of hydrogen-bond acceptors (Lipinski definition) is 5. The predicted octanol–water partition coefficient (Wildman–Crippen LogP) is 24.1. The van der Waals surface area contributed by atoms with Crippen LogP contribution in [0.3, 0.4) is 0 Å². The third-order valence-corrected chi connectivity index (χ3v) is 20.0. The molecule has 0 radical (unpaired) electrons. The highest BCUT2D eigenvalue weighted by Gasteiger charge is 2.36. The van der Waals surface area contributed by atoms with Crippen molar-refractivity contribution in [3.8, 4) is 0 Å². The molecule has 0 heterocycles. The van der Waals surface area contributed by atoms with E-state index in [4.69, 9.17) is 0 Å². The van der Waals surface area contributed by atoms with E-state index in [9.17, 15) is 9.59 Å². The molecule has 0 bridgehead atoms. The first-order valence-electron chi connectivity index (χ1n) is 39.0. The number of ketones is 1. The number of anilines is 3. The minimum absolute atomic E-state index is 0.0104. The van der Waals surface area contributed by atoms with Gasteiger partial charge in [-0.2, -0.15) is 4.58 Å². The Labute approximate surface area is 589 Å². The fourth-order valence-electron chi connectivity index (χ4n) is 13.8. The molecule has 4 aromatic carbocycles. The predicted molar refractivity (Wildman–Crippen MR) is 415 cm³/mol. The van der Waals surface area contributed by atoms with Crippen LogP contribution in [0.25, 0.3) is 5.57 Å². The zero-order valence-electron chi connectivity index (χ0n) is 62.0. The van der Waals surface area contributed by atoms with Crippen molar-refractivity contribution in [1.82, 2.24) is 9.89 Å². The molecule has 6 rings (SSSR count). The van der Waals surface area contributed by atoms with Crippen molar-refractivity contribution < 1.29 is 19.5 Å². The van der Waals surface area contributed by atoms with Gasteiger partial charge in [0.15, 0.2) is 5.78 Å². The zero-order chi connectivity index (χ0) is 69.6. The Morgan fingerprint density at radius 1 is 0.536 bits per heavy atom. The summed E-state index contributed by atoms with van der Waals surface area (Å²) in [6.07, 6.45) is 54.4. The van der Waals surface area contributed by atoms with E-state index in [0.29, 0.717) is 35.4 Å². The number of hydrogen-bond donors (Lipinski definition) is 2. The molecule has 2 aliphatic rings. The van der Waals surface area contributed by atoms with Gasteiger partial charge in [0.1, 0.15) is 0 Å². The van der Waals surface area contributed by atoms with Crippen molar-refractivity contribution >= 4 is 57.3 Å². The van der Waals surface area contributed by atoms with Gasteiger partial charge in [0.05, 0.1) is 11.4 Å². The van der Waals surface area contributed by atoms with Crippen LogP contribution in [0.15, 0.2) is 162 Å². The molecule has 97 heavy (non-hydrogen) atoms. The molecule has 526 valence electrons. The molecular weight excluding hydrogens is 1190 g/mol. The second kappa shape index (κ2) is 44.8. The summed E-state index contributed by atoms with van der Waals surface area (Å²) in [7, 11) is 0. The molecule has 2 amide bonds. The molecule has 4 aromatic rings. The van der Waals surface area contributed by atoms with Crippen LogP contribution in [0, 0.1) is 18.8 Å². The molecule has 0 saturated carbocycles. The van der Waals surface area contributed by atoms with Crippen molar-refractivity contribution in [1.29, 1.82) is 0 Å². The number of nitrogens with zero attached hydrogens (tertiary/aromatic N) is 2. The molecular formula is C89H126N4O4. The van der Waals surface area contributed by atoms with Gasteiger partial charge in [-0.1, -0.05) is 270 Å². The highest BCUT2D eigenvalue weighted by Crippen LogP contribution is 2.44. The largest absolute Gasteiger partial charge is 0.871 e. The van der Waals surface area contributed by atoms with Gasteiger partial charge in [-0.15, -0.1) is 0 Å². The van der Waals surface area contributed by atoms with E-state index in [2.05, 4.69) is 160 Å². The number of amides is 2. The van der Waals surface area contributed by atoms with E-state index < -0.39 is 11.5 Å². The minimum atomic E-state index is -0.429. The summed E-state index contributed by atoms with van der Waals surface area (Å²) in [5.41, 5.74) is 11.9. The van der Waals surface area contributed by atoms with Crippen molar-refractivity contribution in [2.24, 2.45) is 11.8 Å². The van der Waals surface area contributed by atoms with E-state index in [-0.39, 0.29) is 34.8 Å². The quantitative estimate of drug-likeness (QED) is 0.0198. The highest BCUT2D eigenvalue weighted by molar-refractivity contribution is 6.40. The highest BCUT2D eigenvalue weighted by atomic mass is 16.3. The van der Waals surface area contributed by atoms with Gasteiger partial charge in [-0.3, -0.25) is 14.4 Å². The number of carbonyl (C=O) groups excluding carboxylic acids is 3. The number of benzene rings is 4. The van der Waals surface area contributed by atoms with Crippen LogP contribution in [0.4, 0.5) is 28.4 Å². The van der Waals surface area contributed by atoms with Crippen LogP contribution in [-0.4, -0.2) is 23.3 Å². The molecule has 0 fully saturated rings. The molecule has 0 aliphatic heterocycles. The summed E-state index contributed by atoms with van der Waals surface area (Å²) in [5.74, 6) is -1.66. The topological polar surface area (TPSA) is 105 Å². The van der Waals surface area contributed by atoms with Crippen molar-refractivity contribution in [3.63, 3.8) is 0 Å². The summed E-state index contributed by atoms with van der Waals surface area (Å²) in [4.78, 5) is 46.9. The van der Waals surface area contributed by atoms with Crippen LogP contribution >= 0.6 is 0 Å². The summed E-state index contributed by atoms with van der Waals surface area (Å²) in [5, 5.41) is 22.1. The third-order valence-electron chi connectivity index (χ3n) is 20.0. The van der Waals surface area contributed by atoms with Gasteiger partial charge in [0.25, 0.3) is 0 Å². The molecule has 0 saturated heterocycles. The van der Waals surface area contributed by atoms with Crippen LogP contribution in [-0.2, 0) is 33.6 Å². The maximum absolute atomic E-state index is 15.4. The van der Waals surface area contributed by atoms with Gasteiger partial charge in [-0.25, -0.2) is 0 Å². The van der Waals surface area contributed by atoms with Gasteiger partial charge in [-0.05, 0) is 149 Å². The maximum atomic E-state index is 15.4. The molecule has 2 unspecified atom stereocenters. The maximum Gasteiger partial charge on any atom is 0.227 e. The first-order valence-corrected chi connectivity index (χ1v) is 39.0. The zero-order valence-corrected chi connectivity index (χ0v) is 62.0. The van der Waals surface area contributed by atoms with Crippen LogP contribution in [0.2, 0.25) is 0 Å². The van der Waals surface area contributed by atoms with Crippen molar-refractivity contribution in [2.75, 3.05) is 10.2 Å². The van der Waals surface area contributed by atoms with Crippen LogP contribution < -0.4 is 25.2 Å². The first-order chi connectivity index (χ1) is 47.4. The first kappa shape index (κ1) is 78.9. The minimum Gasteiger partial charge on any atom is -0.871 e. The van der Waals surface area contributed by atoms with E-state index in [1.54, 1.807) is 0 Å². The molecule has 8 heteroatoms. The summed E-state index contributed by atoms with van der Waals surface area (Å²) in [6, 6.07) is 30.2. The monoisotopic (exact) mass is 1310 g/mol. The number of aryl methyl sites for hydroxylation is 4. The van der Waals surface area contributed by atoms with Crippen LogP contribution in [0.5, 0.6) is 0 Å². The Balaban J connectivity index is 1.51. The molecule has 8 nitrogen and oxygen atoms in total. The van der Waals surface area contributed by atoms with E-state index in [1.807, 2.05) is 56.4 Å². The van der Waals surface area contributed by atoms with Gasteiger partial charge < -0.3 is 20.6 Å². The summed E-state index contributed by atoms with van der Waals surface area (Å²) >= 11 is 0. The average molecular weight is 1320 g/mol. The Hall–Kier alpha value is -7.06. The molecule has 2 aliphatic carbocycles. The number of rotatable bonds is 48. The Morgan fingerprint density at radius 3 is 1.54 bits per heavy atom. The third kappa shape index (κ3) is 24.7. The normalized spacial score (nSPS) is 15.2. The van der Waals surface area contributed by atoms with Crippen molar-refractivity contribution in [3.05, 3.63) is 190 Å². The lowest BCUT2D eigenvalue weighted by atomic mass is 9.78. The van der Waals surface area contributed by atoms with E-state index in [1.165, 1.54) is 145 Å². The fraction of sp³-hybridized carbons (Fsp3) is 0.528. The van der Waals surface area contributed by atoms with E-state index >= 15 is 9.90 Å². The number of unbranched alkanes of at least 4 members (excludes halogenated alkanes) is 23. The lowest BCUT2D eigenvalue weighted by Gasteiger charge is -2.35. The van der Waals surface area contributed by atoms with Crippen molar-refractivity contribution in [2.45, 2.75) is 293 Å². The Bertz CT molecular complexity index is 3310. The lowest BCUT2D eigenvalue weighted by molar-refractivity contribution is -0.297. The van der Waals surface area contributed by atoms with E-state index in [0.717, 1.165) is 130 Å². The molecule has 0 aromatic heterocycles. The van der Waals surface area contributed by atoms with Crippen LogP contribution in [0.1, 0.15) is 295 Å². The van der Waals surface area contributed by atoms with Gasteiger partial charge in [0.2, 0.25) is 28.9 Å². The fourth-order valence-corrected chi connectivity index (χ4v) is 13.8. The number of carbonyl (C=O) groups is 3. The summed E-state index contributed by atoms with van der Waals surface area (Å²) < 4.78 is 2.26.